The largest absolute Gasteiger partial charge is 0.382 e. The van der Waals surface area contributed by atoms with E-state index in [-0.39, 0.29) is 0 Å². The lowest BCUT2D eigenvalue weighted by Crippen LogP contribution is -2.14. The van der Waals surface area contributed by atoms with Crippen molar-refractivity contribution in [3.8, 4) is 0 Å². The van der Waals surface area contributed by atoms with Crippen molar-refractivity contribution < 1.29 is 0 Å². The number of rotatable bonds is 5. The van der Waals surface area contributed by atoms with Gasteiger partial charge in [-0.3, -0.25) is 0 Å². The summed E-state index contributed by atoms with van der Waals surface area (Å²) in [5.74, 6) is 0. The molecule has 6 heteroatoms. The highest BCUT2D eigenvalue weighted by Gasteiger charge is 2.01. The quantitative estimate of drug-likeness (QED) is 0.449. The summed E-state index contributed by atoms with van der Waals surface area (Å²) in [4.78, 5) is 0. The smallest absolute Gasteiger partial charge is 0.0486 e. The third kappa shape index (κ3) is 4.76. The van der Waals surface area contributed by atoms with Crippen LogP contribution in [0.2, 0.25) is 0 Å². The van der Waals surface area contributed by atoms with Crippen molar-refractivity contribution in [2.75, 3.05) is 23.7 Å². The second-order valence-corrected chi connectivity index (χ2v) is 7.64. The van der Waals surface area contributed by atoms with Gasteiger partial charge in [-0.05, 0) is 68.3 Å². The van der Waals surface area contributed by atoms with Gasteiger partial charge in [-0.15, -0.1) is 0 Å². The van der Waals surface area contributed by atoms with E-state index in [0.29, 0.717) is 0 Å². The Morgan fingerprint density at radius 3 is 1.40 bits per heavy atom. The van der Waals surface area contributed by atoms with Crippen LogP contribution in [0.3, 0.4) is 0 Å². The minimum Gasteiger partial charge on any atom is -0.382 e. The first kappa shape index (κ1) is 16.3. The predicted molar refractivity (Wildman–Crippen MR) is 101 cm³/mol. The summed E-state index contributed by atoms with van der Waals surface area (Å²) in [6, 6.07) is 12.2. The number of hydrogen-bond acceptors (Lipinski definition) is 2. The van der Waals surface area contributed by atoms with E-state index >= 15 is 0 Å². The maximum absolute atomic E-state index is 3.54. The number of hydrogen-bond donors (Lipinski definition) is 2. The lowest BCUT2D eigenvalue weighted by molar-refractivity contribution is 1.07. The van der Waals surface area contributed by atoms with Gasteiger partial charge in [-0.25, -0.2) is 0 Å². The van der Waals surface area contributed by atoms with E-state index in [9.17, 15) is 0 Å². The molecular weight excluding hydrogens is 516 g/mol. The van der Waals surface area contributed by atoms with Crippen LogP contribution in [0.1, 0.15) is 0 Å². The predicted octanol–water partition coefficient (Wildman–Crippen LogP) is 6.26. The summed E-state index contributed by atoms with van der Waals surface area (Å²) in [5, 5.41) is 6.77. The maximum atomic E-state index is 3.54. The first-order chi connectivity index (χ1) is 9.56. The second-order valence-electron chi connectivity index (χ2n) is 4.10. The number of benzene rings is 2. The molecule has 2 aromatic carbocycles. The maximum Gasteiger partial charge on any atom is 0.0486 e. The van der Waals surface area contributed by atoms with Crippen molar-refractivity contribution in [2.24, 2.45) is 0 Å². The van der Waals surface area contributed by atoms with Crippen molar-refractivity contribution in [1.82, 2.24) is 0 Å². The van der Waals surface area contributed by atoms with Crippen LogP contribution in [-0.2, 0) is 0 Å². The van der Waals surface area contributed by atoms with Crippen LogP contribution in [-0.4, -0.2) is 13.1 Å². The molecule has 2 rings (SSSR count). The molecule has 0 heterocycles. The molecule has 2 nitrogen and oxygen atoms in total. The van der Waals surface area contributed by atoms with Crippen LogP contribution in [0.4, 0.5) is 11.4 Å². The second kappa shape index (κ2) is 7.82. The fourth-order valence-electron chi connectivity index (χ4n) is 1.66. The monoisotopic (exact) mass is 524 g/mol. The van der Waals surface area contributed by atoms with Gasteiger partial charge in [0.1, 0.15) is 0 Å². The van der Waals surface area contributed by atoms with Crippen LogP contribution in [0.15, 0.2) is 54.3 Å². The van der Waals surface area contributed by atoms with Gasteiger partial charge in [0, 0.05) is 42.4 Å². The van der Waals surface area contributed by atoms with Crippen LogP contribution >= 0.6 is 63.7 Å². The Bertz CT molecular complexity index is 548. The van der Waals surface area contributed by atoms with Crippen molar-refractivity contribution in [1.29, 1.82) is 0 Å². The molecule has 0 saturated carbocycles. The Morgan fingerprint density at radius 1 is 0.650 bits per heavy atom. The topological polar surface area (TPSA) is 24.1 Å². The Balaban J connectivity index is 1.84. The van der Waals surface area contributed by atoms with Gasteiger partial charge >= 0.3 is 0 Å². The average Bonchev–Trinajstić information content (AvgIpc) is 2.39. The van der Waals surface area contributed by atoms with E-state index < -0.39 is 0 Å². The van der Waals surface area contributed by atoms with Crippen LogP contribution < -0.4 is 10.6 Å². The zero-order chi connectivity index (χ0) is 14.5. The highest BCUT2D eigenvalue weighted by atomic mass is 79.9. The van der Waals surface area contributed by atoms with Gasteiger partial charge in [0.25, 0.3) is 0 Å². The Kier molecular flexibility index (Phi) is 6.39. The minimum absolute atomic E-state index is 0.836. The Hall–Kier alpha value is -0.0400. The normalized spacial score (nSPS) is 10.4. The average molecular weight is 528 g/mol. The molecule has 0 fully saturated rings. The first-order valence-electron chi connectivity index (χ1n) is 5.94. The molecule has 0 aromatic heterocycles. The Labute approximate surface area is 152 Å². The zero-order valence-corrected chi connectivity index (χ0v) is 16.7. The summed E-state index contributed by atoms with van der Waals surface area (Å²) in [5.41, 5.74) is 2.18. The molecule has 0 saturated heterocycles. The molecule has 2 N–H and O–H groups in total. The summed E-state index contributed by atoms with van der Waals surface area (Å²) >= 11 is 14.0. The lowest BCUT2D eigenvalue weighted by Gasteiger charge is -2.11. The fourth-order valence-corrected chi connectivity index (χ4v) is 4.03. The molecule has 0 aliphatic carbocycles. The fraction of sp³-hybridized carbons (Fsp3) is 0.143. The number of anilines is 2. The van der Waals surface area contributed by atoms with Gasteiger partial charge in [0.2, 0.25) is 0 Å². The highest BCUT2D eigenvalue weighted by Crippen LogP contribution is 2.27. The summed E-state index contributed by atoms with van der Waals surface area (Å²) in [7, 11) is 0. The van der Waals surface area contributed by atoms with Crippen molar-refractivity contribution >= 4 is 75.1 Å². The van der Waals surface area contributed by atoms with Crippen molar-refractivity contribution in [2.45, 2.75) is 0 Å². The SMILES string of the molecule is Brc1ccc(NCCNc2ccc(Br)cc2Br)c(Br)c1. The summed E-state index contributed by atoms with van der Waals surface area (Å²) < 4.78 is 4.23. The van der Waals surface area contributed by atoms with Gasteiger partial charge in [-0.1, -0.05) is 31.9 Å². The third-order valence-electron chi connectivity index (χ3n) is 2.62. The lowest BCUT2D eigenvalue weighted by atomic mass is 10.3. The zero-order valence-electron chi connectivity index (χ0n) is 10.4. The molecule has 0 radical (unpaired) electrons. The highest BCUT2D eigenvalue weighted by molar-refractivity contribution is 9.11. The Morgan fingerprint density at radius 2 is 1.05 bits per heavy atom. The molecule has 0 spiro atoms. The summed E-state index contributed by atoms with van der Waals surface area (Å²) in [6.45, 7) is 1.67. The molecule has 106 valence electrons. The third-order valence-corrected chi connectivity index (χ3v) is 4.92. The van der Waals surface area contributed by atoms with Gasteiger partial charge in [-0.2, -0.15) is 0 Å². The van der Waals surface area contributed by atoms with E-state index in [1.807, 2.05) is 36.4 Å². The molecular formula is C14H12Br4N2. The van der Waals surface area contributed by atoms with Crippen molar-refractivity contribution in [3.05, 3.63) is 54.3 Å². The van der Waals surface area contributed by atoms with Gasteiger partial charge in [0.15, 0.2) is 0 Å². The van der Waals surface area contributed by atoms with E-state index in [0.717, 1.165) is 42.4 Å². The molecule has 2 aromatic rings. The molecule has 0 aliphatic rings. The van der Waals surface area contributed by atoms with Crippen LogP contribution in [0, 0.1) is 0 Å². The molecule has 0 amide bonds. The van der Waals surface area contributed by atoms with Gasteiger partial charge < -0.3 is 10.6 Å². The molecule has 0 aliphatic heterocycles. The first-order valence-corrected chi connectivity index (χ1v) is 9.11. The van der Waals surface area contributed by atoms with Gasteiger partial charge in [0.05, 0.1) is 0 Å². The summed E-state index contributed by atoms with van der Waals surface area (Å²) in [6.07, 6.45) is 0. The van der Waals surface area contributed by atoms with Crippen LogP contribution in [0.5, 0.6) is 0 Å². The molecule has 0 atom stereocenters. The number of halogens is 4. The minimum atomic E-state index is 0.836. The molecule has 20 heavy (non-hydrogen) atoms. The molecule has 0 unspecified atom stereocenters. The van der Waals surface area contributed by atoms with Crippen molar-refractivity contribution in [3.63, 3.8) is 0 Å². The van der Waals surface area contributed by atoms with Crippen LogP contribution in [0.25, 0.3) is 0 Å². The van der Waals surface area contributed by atoms with E-state index in [1.165, 1.54) is 0 Å². The molecule has 0 bridgehead atoms. The standard InChI is InChI=1S/C14H12Br4N2/c15-9-1-3-13(11(17)7-9)19-5-6-20-14-4-2-10(16)8-12(14)18/h1-4,7-8,19-20H,5-6H2. The van der Waals surface area contributed by atoms with E-state index in [4.69, 9.17) is 0 Å². The van der Waals surface area contributed by atoms with E-state index in [2.05, 4.69) is 74.4 Å². The number of nitrogens with one attached hydrogen (secondary N) is 2. The van der Waals surface area contributed by atoms with E-state index in [1.54, 1.807) is 0 Å².